The highest BCUT2D eigenvalue weighted by Gasteiger charge is 2.15. The molecule has 3 aromatic rings. The van der Waals surface area contributed by atoms with Crippen LogP contribution in [0.25, 0.3) is 0 Å². The van der Waals surface area contributed by atoms with E-state index in [9.17, 15) is 4.79 Å². The van der Waals surface area contributed by atoms with E-state index in [1.54, 1.807) is 18.2 Å². The minimum atomic E-state index is -0.181. The zero-order chi connectivity index (χ0) is 21.7. The van der Waals surface area contributed by atoms with E-state index in [1.165, 1.54) is 11.8 Å². The van der Waals surface area contributed by atoms with Crippen molar-refractivity contribution in [2.45, 2.75) is 32.2 Å². The highest BCUT2D eigenvalue weighted by molar-refractivity contribution is 9.10. The molecule has 10 heteroatoms. The van der Waals surface area contributed by atoms with Gasteiger partial charge in [-0.1, -0.05) is 57.0 Å². The van der Waals surface area contributed by atoms with Crippen molar-refractivity contribution in [2.24, 2.45) is 0 Å². The van der Waals surface area contributed by atoms with Gasteiger partial charge in [-0.2, -0.15) is 0 Å². The van der Waals surface area contributed by atoms with Gasteiger partial charge in [-0.25, -0.2) is 0 Å². The first-order valence-corrected chi connectivity index (χ1v) is 11.6. The molecule has 0 aliphatic heterocycles. The molecular weight excluding hydrogens is 511 g/mol. The van der Waals surface area contributed by atoms with Crippen LogP contribution in [0.15, 0.2) is 46.0 Å². The van der Waals surface area contributed by atoms with Crippen LogP contribution in [-0.4, -0.2) is 26.4 Å². The van der Waals surface area contributed by atoms with Crippen molar-refractivity contribution in [3.05, 3.63) is 62.3 Å². The summed E-state index contributed by atoms with van der Waals surface area (Å²) in [7, 11) is 0. The van der Waals surface area contributed by atoms with Crippen LogP contribution in [0.5, 0.6) is 5.75 Å². The van der Waals surface area contributed by atoms with Crippen LogP contribution >= 0.6 is 50.9 Å². The summed E-state index contributed by atoms with van der Waals surface area (Å²) in [6, 6.07) is 10.9. The van der Waals surface area contributed by atoms with Gasteiger partial charge in [0.25, 0.3) is 0 Å². The number of rotatable bonds is 8. The smallest absolute Gasteiger partial charge is 0.234 e. The SMILES string of the molecule is CCn1c(COc2cc(C)ccc2Cl)nnc1SCC(=O)Nc1ccc(Br)cc1Cl. The van der Waals surface area contributed by atoms with Gasteiger partial charge in [-0.3, -0.25) is 4.79 Å². The third-order valence-electron chi connectivity index (χ3n) is 4.09. The van der Waals surface area contributed by atoms with Gasteiger partial charge >= 0.3 is 0 Å². The molecule has 1 N–H and O–H groups in total. The van der Waals surface area contributed by atoms with E-state index in [4.69, 9.17) is 27.9 Å². The number of nitrogens with zero attached hydrogens (tertiary/aromatic N) is 3. The van der Waals surface area contributed by atoms with E-state index in [0.717, 1.165) is 10.0 Å². The van der Waals surface area contributed by atoms with Crippen LogP contribution < -0.4 is 10.1 Å². The number of hydrogen-bond donors (Lipinski definition) is 1. The van der Waals surface area contributed by atoms with Crippen molar-refractivity contribution >= 4 is 62.5 Å². The Hall–Kier alpha value is -1.74. The third-order valence-corrected chi connectivity index (χ3v) is 6.18. The molecule has 2 aromatic carbocycles. The molecule has 30 heavy (non-hydrogen) atoms. The van der Waals surface area contributed by atoms with E-state index in [1.807, 2.05) is 36.6 Å². The molecule has 6 nitrogen and oxygen atoms in total. The number of thioether (sulfide) groups is 1. The highest BCUT2D eigenvalue weighted by Crippen LogP contribution is 2.27. The summed E-state index contributed by atoms with van der Waals surface area (Å²) in [5.41, 5.74) is 1.62. The fourth-order valence-electron chi connectivity index (χ4n) is 2.62. The molecule has 0 bridgehead atoms. The van der Waals surface area contributed by atoms with E-state index in [0.29, 0.717) is 39.0 Å². The number of aryl methyl sites for hydroxylation is 1. The van der Waals surface area contributed by atoms with E-state index < -0.39 is 0 Å². The molecule has 0 radical (unpaired) electrons. The Morgan fingerprint density at radius 1 is 1.20 bits per heavy atom. The average Bonchev–Trinajstić information content (AvgIpc) is 3.11. The molecule has 3 rings (SSSR count). The largest absolute Gasteiger partial charge is 0.484 e. The molecule has 0 saturated heterocycles. The number of amides is 1. The fraction of sp³-hybridized carbons (Fsp3) is 0.250. The highest BCUT2D eigenvalue weighted by atomic mass is 79.9. The van der Waals surface area contributed by atoms with Gasteiger partial charge in [-0.15, -0.1) is 10.2 Å². The molecule has 0 fully saturated rings. The van der Waals surface area contributed by atoms with Crippen LogP contribution in [0.1, 0.15) is 18.3 Å². The Bertz CT molecular complexity index is 1060. The van der Waals surface area contributed by atoms with Gasteiger partial charge in [0.15, 0.2) is 11.0 Å². The van der Waals surface area contributed by atoms with E-state index >= 15 is 0 Å². The molecule has 158 valence electrons. The van der Waals surface area contributed by atoms with Crippen LogP contribution in [0.3, 0.4) is 0 Å². The first-order valence-electron chi connectivity index (χ1n) is 9.06. The molecule has 0 aliphatic carbocycles. The standard InChI is InChI=1S/C20H19BrCl2N4O2S/c1-3-27-18(10-29-17-8-12(2)4-6-14(17)22)25-26-20(27)30-11-19(28)24-16-7-5-13(21)9-15(16)23/h4-9H,3,10-11H2,1-2H3,(H,24,28). The number of nitrogens with one attached hydrogen (secondary N) is 1. The molecule has 0 atom stereocenters. The Morgan fingerprint density at radius 3 is 2.73 bits per heavy atom. The predicted molar refractivity (Wildman–Crippen MR) is 125 cm³/mol. The second-order valence-electron chi connectivity index (χ2n) is 6.33. The lowest BCUT2D eigenvalue weighted by molar-refractivity contribution is -0.113. The molecule has 1 heterocycles. The maximum atomic E-state index is 12.3. The Labute approximate surface area is 197 Å². The summed E-state index contributed by atoms with van der Waals surface area (Å²) < 4.78 is 8.58. The van der Waals surface area contributed by atoms with Gasteiger partial charge in [-0.05, 0) is 49.7 Å². The molecule has 0 saturated carbocycles. The number of carbonyl (C=O) groups is 1. The minimum absolute atomic E-state index is 0.176. The molecule has 1 aromatic heterocycles. The third kappa shape index (κ3) is 5.91. The van der Waals surface area contributed by atoms with Crippen molar-refractivity contribution in [3.63, 3.8) is 0 Å². The Kier molecular flexibility index (Phi) is 8.05. The average molecular weight is 530 g/mol. The summed E-state index contributed by atoms with van der Waals surface area (Å²) in [4.78, 5) is 12.3. The topological polar surface area (TPSA) is 69.0 Å². The van der Waals surface area contributed by atoms with Crippen LogP contribution in [0, 0.1) is 6.92 Å². The number of anilines is 1. The monoisotopic (exact) mass is 528 g/mol. The van der Waals surface area contributed by atoms with E-state index in [2.05, 4.69) is 31.4 Å². The maximum Gasteiger partial charge on any atom is 0.234 e. The number of aromatic nitrogens is 3. The van der Waals surface area contributed by atoms with Gasteiger partial charge in [0.1, 0.15) is 12.4 Å². The van der Waals surface area contributed by atoms with Gasteiger partial charge in [0.05, 0.1) is 21.5 Å². The minimum Gasteiger partial charge on any atom is -0.484 e. The summed E-state index contributed by atoms with van der Waals surface area (Å²) in [5.74, 6) is 1.25. The lowest BCUT2D eigenvalue weighted by Gasteiger charge is -2.11. The number of carbonyl (C=O) groups excluding carboxylic acids is 1. The molecule has 0 spiro atoms. The molecule has 0 aliphatic rings. The molecular formula is C20H19BrCl2N4O2S. The normalized spacial score (nSPS) is 10.8. The molecule has 0 unspecified atom stereocenters. The fourth-order valence-corrected chi connectivity index (χ4v) is 4.33. The number of benzene rings is 2. The quantitative estimate of drug-likeness (QED) is 0.363. The number of halogens is 3. The van der Waals surface area contributed by atoms with Crippen LogP contribution in [0.2, 0.25) is 10.0 Å². The Morgan fingerprint density at radius 2 is 2.00 bits per heavy atom. The summed E-state index contributed by atoms with van der Waals surface area (Å²) in [6.07, 6.45) is 0. The second-order valence-corrected chi connectivity index (χ2v) is 9.00. The maximum absolute atomic E-state index is 12.3. The first kappa shape index (κ1) is 22.9. The van der Waals surface area contributed by atoms with Gasteiger partial charge < -0.3 is 14.6 Å². The summed E-state index contributed by atoms with van der Waals surface area (Å²) in [6.45, 7) is 4.83. The second kappa shape index (κ2) is 10.5. The molecule has 1 amide bonds. The zero-order valence-electron chi connectivity index (χ0n) is 16.3. The van der Waals surface area contributed by atoms with Gasteiger partial charge in [0, 0.05) is 11.0 Å². The van der Waals surface area contributed by atoms with Crippen molar-refractivity contribution in [3.8, 4) is 5.75 Å². The first-order chi connectivity index (χ1) is 14.4. The lowest BCUT2D eigenvalue weighted by Crippen LogP contribution is -2.15. The number of hydrogen-bond acceptors (Lipinski definition) is 5. The van der Waals surface area contributed by atoms with E-state index in [-0.39, 0.29) is 18.3 Å². The predicted octanol–water partition coefficient (Wildman–Crippen LogP) is 5.99. The van der Waals surface area contributed by atoms with Crippen molar-refractivity contribution in [2.75, 3.05) is 11.1 Å². The van der Waals surface area contributed by atoms with Crippen molar-refractivity contribution in [1.29, 1.82) is 0 Å². The summed E-state index contributed by atoms with van der Waals surface area (Å²) in [5, 5.41) is 12.9. The Balaban J connectivity index is 1.61. The zero-order valence-corrected chi connectivity index (χ0v) is 20.2. The number of ether oxygens (including phenoxy) is 1. The lowest BCUT2D eigenvalue weighted by atomic mass is 10.2. The van der Waals surface area contributed by atoms with Crippen molar-refractivity contribution in [1.82, 2.24) is 14.8 Å². The van der Waals surface area contributed by atoms with Gasteiger partial charge in [0.2, 0.25) is 5.91 Å². The van der Waals surface area contributed by atoms with Crippen LogP contribution in [0.4, 0.5) is 5.69 Å². The van der Waals surface area contributed by atoms with Crippen LogP contribution in [-0.2, 0) is 17.9 Å². The summed E-state index contributed by atoms with van der Waals surface area (Å²) >= 11 is 17.0. The van der Waals surface area contributed by atoms with Crippen molar-refractivity contribution < 1.29 is 9.53 Å².